The Morgan fingerprint density at radius 2 is 1.73 bits per heavy atom. The number of carbonyl (C=O) groups excluding carboxylic acids is 1. The largest absolute Gasteiger partial charge is 0.493 e. The summed E-state index contributed by atoms with van der Waals surface area (Å²) in [6.07, 6.45) is 1.57. The third kappa shape index (κ3) is 4.00. The standard InChI is InChI=1S/C22H25N3O4S/c1-27-17-12-15(13-18(28-2)20(17)29-3)23-21(26)14-8-10-25(11-9-14)22-24-16-6-4-5-7-19(16)30-22/h4-7,12-14H,8-11H2,1-3H3,(H,23,26). The third-order valence-corrected chi connectivity index (χ3v) is 6.45. The molecular formula is C22H25N3O4S. The molecule has 30 heavy (non-hydrogen) atoms. The van der Waals surface area contributed by atoms with Gasteiger partial charge in [-0.05, 0) is 25.0 Å². The zero-order valence-electron chi connectivity index (χ0n) is 17.3. The topological polar surface area (TPSA) is 72.9 Å². The minimum atomic E-state index is -0.0466. The fourth-order valence-electron chi connectivity index (χ4n) is 3.73. The Bertz CT molecular complexity index is 986. The molecule has 1 aliphatic heterocycles. The van der Waals surface area contributed by atoms with Crippen LogP contribution in [0.2, 0.25) is 0 Å². The van der Waals surface area contributed by atoms with Crippen molar-refractivity contribution in [3.8, 4) is 17.2 Å². The quantitative estimate of drug-likeness (QED) is 0.636. The lowest BCUT2D eigenvalue weighted by molar-refractivity contribution is -0.120. The number of carbonyl (C=O) groups is 1. The number of methoxy groups -OCH3 is 3. The monoisotopic (exact) mass is 427 g/mol. The normalized spacial score (nSPS) is 14.6. The molecule has 8 heteroatoms. The number of hydrogen-bond donors (Lipinski definition) is 1. The van der Waals surface area contributed by atoms with Gasteiger partial charge in [-0.1, -0.05) is 23.5 Å². The van der Waals surface area contributed by atoms with Gasteiger partial charge >= 0.3 is 0 Å². The fraction of sp³-hybridized carbons (Fsp3) is 0.364. The molecule has 2 aromatic carbocycles. The minimum Gasteiger partial charge on any atom is -0.493 e. The van der Waals surface area contributed by atoms with E-state index in [2.05, 4.69) is 16.3 Å². The van der Waals surface area contributed by atoms with Crippen LogP contribution >= 0.6 is 11.3 Å². The van der Waals surface area contributed by atoms with Crippen LogP contribution in [0.5, 0.6) is 17.2 Å². The third-order valence-electron chi connectivity index (χ3n) is 5.35. The van der Waals surface area contributed by atoms with E-state index >= 15 is 0 Å². The fourth-order valence-corrected chi connectivity index (χ4v) is 4.74. The number of ether oxygens (including phenoxy) is 3. The summed E-state index contributed by atoms with van der Waals surface area (Å²) in [6, 6.07) is 11.7. The van der Waals surface area contributed by atoms with Crippen molar-refractivity contribution in [1.29, 1.82) is 0 Å². The van der Waals surface area contributed by atoms with Gasteiger partial charge < -0.3 is 24.4 Å². The van der Waals surface area contributed by atoms with Gasteiger partial charge in [-0.25, -0.2) is 4.98 Å². The van der Waals surface area contributed by atoms with Crippen molar-refractivity contribution in [3.05, 3.63) is 36.4 Å². The first-order valence-corrected chi connectivity index (χ1v) is 10.7. The van der Waals surface area contributed by atoms with Gasteiger partial charge in [0.25, 0.3) is 0 Å². The van der Waals surface area contributed by atoms with E-state index in [9.17, 15) is 4.79 Å². The van der Waals surface area contributed by atoms with Crippen molar-refractivity contribution in [2.45, 2.75) is 12.8 Å². The van der Waals surface area contributed by atoms with E-state index < -0.39 is 0 Å². The molecule has 0 radical (unpaired) electrons. The molecule has 2 heterocycles. The number of fused-ring (bicyclic) bond motifs is 1. The predicted molar refractivity (Wildman–Crippen MR) is 119 cm³/mol. The van der Waals surface area contributed by atoms with E-state index in [4.69, 9.17) is 19.2 Å². The summed E-state index contributed by atoms with van der Waals surface area (Å²) in [7, 11) is 4.67. The molecule has 1 aromatic heterocycles. The van der Waals surface area contributed by atoms with Crippen molar-refractivity contribution in [1.82, 2.24) is 4.98 Å². The van der Waals surface area contributed by atoms with E-state index in [1.807, 2.05) is 18.2 Å². The summed E-state index contributed by atoms with van der Waals surface area (Å²) in [6.45, 7) is 1.63. The van der Waals surface area contributed by atoms with Crippen molar-refractivity contribution in [2.24, 2.45) is 5.92 Å². The lowest BCUT2D eigenvalue weighted by atomic mass is 9.96. The first-order valence-electron chi connectivity index (χ1n) is 9.84. The van der Waals surface area contributed by atoms with E-state index in [0.29, 0.717) is 22.9 Å². The second-order valence-corrected chi connectivity index (χ2v) is 8.14. The number of aromatic nitrogens is 1. The number of nitrogens with one attached hydrogen (secondary N) is 1. The highest BCUT2D eigenvalue weighted by Gasteiger charge is 2.27. The van der Waals surface area contributed by atoms with Crippen LogP contribution in [-0.4, -0.2) is 45.3 Å². The maximum atomic E-state index is 12.8. The van der Waals surface area contributed by atoms with Gasteiger partial charge in [-0.15, -0.1) is 0 Å². The Labute approximate surface area is 179 Å². The number of nitrogens with zero attached hydrogens (tertiary/aromatic N) is 2. The molecule has 0 bridgehead atoms. The highest BCUT2D eigenvalue weighted by molar-refractivity contribution is 7.22. The van der Waals surface area contributed by atoms with Gasteiger partial charge in [-0.3, -0.25) is 4.79 Å². The molecule has 1 aliphatic rings. The molecule has 0 unspecified atom stereocenters. The molecule has 1 amide bonds. The molecule has 1 saturated heterocycles. The highest BCUT2D eigenvalue weighted by Crippen LogP contribution is 2.40. The number of rotatable bonds is 6. The van der Waals surface area contributed by atoms with E-state index in [1.54, 1.807) is 44.8 Å². The smallest absolute Gasteiger partial charge is 0.227 e. The Balaban J connectivity index is 1.41. The summed E-state index contributed by atoms with van der Waals surface area (Å²) < 4.78 is 17.3. The lowest BCUT2D eigenvalue weighted by Gasteiger charge is -2.31. The van der Waals surface area contributed by atoms with Gasteiger partial charge in [0.1, 0.15) is 0 Å². The van der Waals surface area contributed by atoms with Gasteiger partial charge in [0.2, 0.25) is 11.7 Å². The zero-order chi connectivity index (χ0) is 21.1. The second-order valence-electron chi connectivity index (χ2n) is 7.13. The SMILES string of the molecule is COc1cc(NC(=O)C2CCN(c3nc4ccccc4s3)CC2)cc(OC)c1OC. The number of anilines is 2. The summed E-state index contributed by atoms with van der Waals surface area (Å²) in [5, 5.41) is 4.03. The van der Waals surface area contributed by atoms with Crippen molar-refractivity contribution in [2.75, 3.05) is 44.6 Å². The molecule has 0 aliphatic carbocycles. The molecule has 4 rings (SSSR count). The van der Waals surface area contributed by atoms with Crippen molar-refractivity contribution in [3.63, 3.8) is 0 Å². The van der Waals surface area contributed by atoms with Crippen LogP contribution in [-0.2, 0) is 4.79 Å². The predicted octanol–water partition coefficient (Wildman–Crippen LogP) is 4.18. The first kappa shape index (κ1) is 20.3. The lowest BCUT2D eigenvalue weighted by Crippen LogP contribution is -2.38. The van der Waals surface area contributed by atoms with Crippen LogP contribution in [0.1, 0.15) is 12.8 Å². The molecular weight excluding hydrogens is 402 g/mol. The maximum Gasteiger partial charge on any atom is 0.227 e. The van der Waals surface area contributed by atoms with Crippen LogP contribution in [0.3, 0.4) is 0 Å². The summed E-state index contributed by atoms with van der Waals surface area (Å²) in [4.78, 5) is 19.9. The van der Waals surface area contributed by atoms with Crippen LogP contribution < -0.4 is 24.4 Å². The molecule has 0 saturated carbocycles. The van der Waals surface area contributed by atoms with Gasteiger partial charge in [0.15, 0.2) is 16.6 Å². The van der Waals surface area contributed by atoms with E-state index in [-0.39, 0.29) is 11.8 Å². The number of piperidine rings is 1. The Kier molecular flexibility index (Phi) is 5.94. The molecule has 158 valence electrons. The van der Waals surface area contributed by atoms with Gasteiger partial charge in [-0.2, -0.15) is 0 Å². The Morgan fingerprint density at radius 1 is 1.07 bits per heavy atom. The van der Waals surface area contributed by atoms with Crippen LogP contribution in [0.15, 0.2) is 36.4 Å². The van der Waals surface area contributed by atoms with Crippen LogP contribution in [0.25, 0.3) is 10.2 Å². The van der Waals surface area contributed by atoms with Crippen molar-refractivity contribution >= 4 is 38.3 Å². The Morgan fingerprint density at radius 3 is 2.33 bits per heavy atom. The van der Waals surface area contributed by atoms with E-state index in [0.717, 1.165) is 36.6 Å². The van der Waals surface area contributed by atoms with Crippen molar-refractivity contribution < 1.29 is 19.0 Å². The Hall–Kier alpha value is -3.00. The molecule has 0 atom stereocenters. The zero-order valence-corrected chi connectivity index (χ0v) is 18.1. The number of benzene rings is 2. The highest BCUT2D eigenvalue weighted by atomic mass is 32.1. The number of thiazole rings is 1. The average Bonchev–Trinajstić information content (AvgIpc) is 3.22. The summed E-state index contributed by atoms with van der Waals surface area (Å²) in [5.41, 5.74) is 1.66. The van der Waals surface area contributed by atoms with Gasteiger partial charge in [0.05, 0.1) is 31.5 Å². The number of amides is 1. The molecule has 3 aromatic rings. The van der Waals surface area contributed by atoms with E-state index in [1.165, 1.54) is 4.70 Å². The minimum absolute atomic E-state index is 0.00761. The summed E-state index contributed by atoms with van der Waals surface area (Å²) >= 11 is 1.70. The number of hydrogen-bond acceptors (Lipinski definition) is 7. The second kappa shape index (κ2) is 8.79. The van der Waals surface area contributed by atoms with Crippen LogP contribution in [0.4, 0.5) is 10.8 Å². The number of para-hydroxylation sites is 1. The first-order chi connectivity index (χ1) is 14.6. The maximum absolute atomic E-state index is 12.8. The average molecular weight is 428 g/mol. The molecule has 1 fully saturated rings. The molecule has 7 nitrogen and oxygen atoms in total. The molecule has 1 N–H and O–H groups in total. The summed E-state index contributed by atoms with van der Waals surface area (Å²) in [5.74, 6) is 1.49. The molecule has 0 spiro atoms. The van der Waals surface area contributed by atoms with Crippen LogP contribution in [0, 0.1) is 5.92 Å². The van der Waals surface area contributed by atoms with Gasteiger partial charge in [0, 0.05) is 36.8 Å².